The molecule has 218 valence electrons. The summed E-state index contributed by atoms with van der Waals surface area (Å²) in [5.74, 6) is -1.40. The number of hydrogen-bond donors (Lipinski definition) is 1. The number of hydrogen-bond acceptors (Lipinski definition) is 4. The van der Waals surface area contributed by atoms with Gasteiger partial charge in [-0.2, -0.15) is 0 Å². The van der Waals surface area contributed by atoms with Crippen LogP contribution in [0.5, 0.6) is 0 Å². The molecule has 0 unspecified atom stereocenters. The van der Waals surface area contributed by atoms with E-state index in [1.807, 2.05) is 30.3 Å². The molecular weight excluding hydrogens is 588 g/mol. The average Bonchev–Trinajstić information content (AvgIpc) is 3.45. The summed E-state index contributed by atoms with van der Waals surface area (Å²) in [6, 6.07) is 18.4. The molecule has 1 atom stereocenters. The van der Waals surface area contributed by atoms with Crippen LogP contribution >= 0.6 is 23.2 Å². The third-order valence-corrected chi connectivity index (χ3v) is 9.05. The molecule has 1 aliphatic carbocycles. The molecule has 0 spiro atoms. The summed E-state index contributed by atoms with van der Waals surface area (Å²) in [4.78, 5) is 29.3. The molecule has 2 amide bonds. The molecule has 0 aliphatic heterocycles. The maximum atomic E-state index is 14.1. The Labute approximate surface area is 250 Å². The van der Waals surface area contributed by atoms with Crippen LogP contribution in [-0.2, 0) is 32.6 Å². The highest BCUT2D eigenvalue weighted by atomic mass is 35.5. The summed E-state index contributed by atoms with van der Waals surface area (Å²) in [6.07, 6.45) is 4.89. The number of nitrogens with one attached hydrogen (secondary N) is 1. The highest BCUT2D eigenvalue weighted by Gasteiger charge is 2.34. The van der Waals surface area contributed by atoms with Gasteiger partial charge in [0.05, 0.1) is 22.0 Å². The van der Waals surface area contributed by atoms with E-state index in [4.69, 9.17) is 23.2 Å². The van der Waals surface area contributed by atoms with Crippen molar-refractivity contribution in [2.24, 2.45) is 0 Å². The molecule has 4 rings (SSSR count). The number of benzene rings is 3. The zero-order valence-corrected chi connectivity index (χ0v) is 24.9. The van der Waals surface area contributed by atoms with Gasteiger partial charge in [-0.3, -0.25) is 13.9 Å². The molecule has 1 aliphatic rings. The van der Waals surface area contributed by atoms with Crippen molar-refractivity contribution >= 4 is 50.7 Å². The number of carbonyl (C=O) groups excluding carboxylic acids is 2. The van der Waals surface area contributed by atoms with Crippen LogP contribution in [0.3, 0.4) is 0 Å². The van der Waals surface area contributed by atoms with Crippen molar-refractivity contribution in [3.8, 4) is 0 Å². The molecule has 0 saturated heterocycles. The van der Waals surface area contributed by atoms with Gasteiger partial charge in [-0.15, -0.1) is 0 Å². The van der Waals surface area contributed by atoms with Gasteiger partial charge in [0.2, 0.25) is 21.8 Å². The first-order chi connectivity index (χ1) is 19.5. The van der Waals surface area contributed by atoms with E-state index in [2.05, 4.69) is 5.32 Å². The van der Waals surface area contributed by atoms with Gasteiger partial charge in [-0.1, -0.05) is 84.6 Å². The normalized spacial score (nSPS) is 14.4. The molecule has 1 N–H and O–H groups in total. The van der Waals surface area contributed by atoms with Gasteiger partial charge in [-0.05, 0) is 48.2 Å². The number of sulfonamides is 1. The molecule has 0 aromatic heterocycles. The molecule has 0 radical (unpaired) electrons. The van der Waals surface area contributed by atoms with Crippen LogP contribution in [0.25, 0.3) is 0 Å². The van der Waals surface area contributed by atoms with Crippen molar-refractivity contribution in [3.05, 3.63) is 99.8 Å². The Morgan fingerprint density at radius 2 is 1.61 bits per heavy atom. The van der Waals surface area contributed by atoms with Crippen molar-refractivity contribution in [1.82, 2.24) is 10.2 Å². The highest BCUT2D eigenvalue weighted by Crippen LogP contribution is 2.34. The number of amides is 2. The van der Waals surface area contributed by atoms with Crippen LogP contribution in [0, 0.1) is 5.82 Å². The second kappa shape index (κ2) is 13.7. The first-order valence-corrected chi connectivity index (χ1v) is 15.9. The van der Waals surface area contributed by atoms with Gasteiger partial charge in [0.25, 0.3) is 0 Å². The molecule has 1 saturated carbocycles. The summed E-state index contributed by atoms with van der Waals surface area (Å²) >= 11 is 12.5. The van der Waals surface area contributed by atoms with Gasteiger partial charge in [0.1, 0.15) is 18.4 Å². The smallest absolute Gasteiger partial charge is 0.244 e. The molecular formula is C30H32Cl2FN3O4S. The van der Waals surface area contributed by atoms with Gasteiger partial charge in [0.15, 0.2) is 0 Å². The van der Waals surface area contributed by atoms with E-state index in [0.717, 1.165) is 41.8 Å². The van der Waals surface area contributed by atoms with Crippen LogP contribution < -0.4 is 9.62 Å². The third kappa shape index (κ3) is 8.21. The Morgan fingerprint density at radius 1 is 0.951 bits per heavy atom. The molecule has 1 fully saturated rings. The van der Waals surface area contributed by atoms with Crippen LogP contribution in [0.4, 0.5) is 10.1 Å². The minimum absolute atomic E-state index is 0.00123. The van der Waals surface area contributed by atoms with E-state index in [9.17, 15) is 22.4 Å². The van der Waals surface area contributed by atoms with Gasteiger partial charge in [0, 0.05) is 19.0 Å². The maximum Gasteiger partial charge on any atom is 0.244 e. The summed E-state index contributed by atoms with van der Waals surface area (Å²) in [7, 11) is -4.00. The summed E-state index contributed by atoms with van der Waals surface area (Å²) in [6.45, 7) is -0.669. The molecule has 3 aromatic carbocycles. The Kier molecular flexibility index (Phi) is 10.3. The monoisotopic (exact) mass is 619 g/mol. The van der Waals surface area contributed by atoms with Crippen molar-refractivity contribution in [1.29, 1.82) is 0 Å². The molecule has 7 nitrogen and oxygen atoms in total. The van der Waals surface area contributed by atoms with Crippen LogP contribution in [-0.4, -0.2) is 50.0 Å². The molecule has 3 aromatic rings. The average molecular weight is 621 g/mol. The van der Waals surface area contributed by atoms with E-state index >= 15 is 0 Å². The molecule has 41 heavy (non-hydrogen) atoms. The lowest BCUT2D eigenvalue weighted by Gasteiger charge is -2.34. The minimum Gasteiger partial charge on any atom is -0.352 e. The summed E-state index contributed by atoms with van der Waals surface area (Å²) in [5.41, 5.74) is 1.46. The number of rotatable bonds is 11. The van der Waals surface area contributed by atoms with E-state index < -0.39 is 34.3 Å². The van der Waals surface area contributed by atoms with Crippen molar-refractivity contribution in [2.45, 2.75) is 50.7 Å². The second-order valence-corrected chi connectivity index (χ2v) is 12.9. The lowest BCUT2D eigenvalue weighted by molar-refractivity contribution is -0.140. The number of nitrogens with zero attached hydrogens (tertiary/aromatic N) is 2. The van der Waals surface area contributed by atoms with Crippen LogP contribution in [0.2, 0.25) is 10.0 Å². The number of halogens is 3. The first kappa shape index (κ1) is 30.8. The largest absolute Gasteiger partial charge is 0.352 e. The zero-order chi connectivity index (χ0) is 29.6. The Bertz CT molecular complexity index is 1470. The van der Waals surface area contributed by atoms with Gasteiger partial charge >= 0.3 is 0 Å². The summed E-state index contributed by atoms with van der Waals surface area (Å²) in [5, 5.41) is 3.21. The number of carbonyl (C=O) groups is 2. The Hall–Kier alpha value is -3.14. The predicted molar refractivity (Wildman–Crippen MR) is 160 cm³/mol. The standard InChI is InChI=1S/C30H32Cl2FN3O4S/c1-41(39,40)36(26-13-7-12-25(31)29(26)32)20-28(37)35(19-22-14-16-23(33)17-15-22)27(18-21-8-3-2-4-9-21)30(38)34-24-10-5-6-11-24/h2-4,7-9,12-17,24,27H,5-6,10-11,18-20H2,1H3,(H,34,38)/t27-/m1/s1. The van der Waals surface area contributed by atoms with Gasteiger partial charge < -0.3 is 10.2 Å². The first-order valence-electron chi connectivity index (χ1n) is 13.3. The second-order valence-electron chi connectivity index (χ2n) is 10.2. The predicted octanol–water partition coefficient (Wildman–Crippen LogP) is 5.60. The summed E-state index contributed by atoms with van der Waals surface area (Å²) < 4.78 is 40.4. The highest BCUT2D eigenvalue weighted by molar-refractivity contribution is 7.92. The topological polar surface area (TPSA) is 86.8 Å². The quantitative estimate of drug-likeness (QED) is 0.303. The Balaban J connectivity index is 1.74. The molecule has 0 bridgehead atoms. The lowest BCUT2D eigenvalue weighted by atomic mass is 10.0. The van der Waals surface area contributed by atoms with E-state index in [-0.39, 0.29) is 40.6 Å². The fourth-order valence-corrected chi connectivity index (χ4v) is 6.29. The minimum atomic E-state index is -4.00. The fourth-order valence-electron chi connectivity index (χ4n) is 4.99. The number of anilines is 1. The van der Waals surface area contributed by atoms with Crippen molar-refractivity contribution < 1.29 is 22.4 Å². The maximum absolute atomic E-state index is 14.1. The SMILES string of the molecule is CS(=O)(=O)N(CC(=O)N(Cc1ccc(F)cc1)[C@H](Cc1ccccc1)C(=O)NC1CCCC1)c1cccc(Cl)c1Cl. The van der Waals surface area contributed by atoms with Gasteiger partial charge in [-0.25, -0.2) is 12.8 Å². The van der Waals surface area contributed by atoms with Crippen LogP contribution in [0.15, 0.2) is 72.8 Å². The van der Waals surface area contributed by atoms with E-state index in [0.29, 0.717) is 5.56 Å². The van der Waals surface area contributed by atoms with Crippen molar-refractivity contribution in [3.63, 3.8) is 0 Å². The van der Waals surface area contributed by atoms with Crippen LogP contribution in [0.1, 0.15) is 36.8 Å². The molecule has 0 heterocycles. The van der Waals surface area contributed by atoms with E-state index in [1.165, 1.54) is 47.4 Å². The van der Waals surface area contributed by atoms with E-state index in [1.54, 1.807) is 0 Å². The Morgan fingerprint density at radius 3 is 2.24 bits per heavy atom. The van der Waals surface area contributed by atoms with Crippen molar-refractivity contribution in [2.75, 3.05) is 17.1 Å². The molecule has 11 heteroatoms. The zero-order valence-electron chi connectivity index (χ0n) is 22.6. The lowest BCUT2D eigenvalue weighted by Crippen LogP contribution is -2.54. The fraction of sp³-hybridized carbons (Fsp3) is 0.333. The third-order valence-electron chi connectivity index (χ3n) is 7.12.